The number of fused-ring (bicyclic) bond motifs is 2. The van der Waals surface area contributed by atoms with Crippen LogP contribution >= 0.6 is 0 Å². The molecule has 2 fully saturated rings. The molecule has 7 nitrogen and oxygen atoms in total. The summed E-state index contributed by atoms with van der Waals surface area (Å²) in [5, 5.41) is 8.90. The van der Waals surface area contributed by atoms with Gasteiger partial charge in [0.15, 0.2) is 0 Å². The van der Waals surface area contributed by atoms with Crippen molar-refractivity contribution in [2.75, 3.05) is 20.2 Å². The fraction of sp³-hybridized carbons (Fsp3) is 0.583. The third kappa shape index (κ3) is 4.34. The van der Waals surface area contributed by atoms with Gasteiger partial charge in [0, 0.05) is 45.3 Å². The first-order valence-corrected chi connectivity index (χ1v) is 11.4. The molecule has 1 aliphatic heterocycles. The van der Waals surface area contributed by atoms with Crippen LogP contribution in [-0.4, -0.2) is 56.2 Å². The molecular weight excluding hydrogens is 388 g/mol. The Morgan fingerprint density at radius 1 is 1.06 bits per heavy atom. The standard InChI is InChI=1S/C24H32N6O/c1-16(2)8-20-15-30(28-27-20)23-10-18-13-29(14-19(18)11-24(23)31-3)12-17-4-5-21-22(9-17)26-7-6-25-21/h4-7,9,15-16,18-19,23-24H,8,10-14H2,1-3H3/t18-,19+,23-,24-/m1/s1. The van der Waals surface area contributed by atoms with Crippen LogP contribution in [0.15, 0.2) is 36.8 Å². The first-order valence-electron chi connectivity index (χ1n) is 11.4. The third-order valence-electron chi connectivity index (χ3n) is 6.92. The first kappa shape index (κ1) is 20.5. The average molecular weight is 421 g/mol. The highest BCUT2D eigenvalue weighted by Crippen LogP contribution is 2.42. The van der Waals surface area contributed by atoms with E-state index in [1.54, 1.807) is 12.4 Å². The highest BCUT2D eigenvalue weighted by molar-refractivity contribution is 5.74. The van der Waals surface area contributed by atoms with Gasteiger partial charge in [0.1, 0.15) is 0 Å². The summed E-state index contributed by atoms with van der Waals surface area (Å²) in [6.45, 7) is 7.66. The number of hydrogen-bond donors (Lipinski definition) is 0. The number of rotatable bonds is 6. The summed E-state index contributed by atoms with van der Waals surface area (Å²) in [7, 11) is 1.84. The van der Waals surface area contributed by atoms with Crippen LogP contribution in [0.1, 0.15) is 44.0 Å². The van der Waals surface area contributed by atoms with Gasteiger partial charge >= 0.3 is 0 Å². The maximum Gasteiger partial charge on any atom is 0.0890 e. The lowest BCUT2D eigenvalue weighted by atomic mass is 9.77. The average Bonchev–Trinajstić information content (AvgIpc) is 3.38. The summed E-state index contributed by atoms with van der Waals surface area (Å²) in [5.74, 6) is 1.94. The molecule has 2 aliphatic rings. The molecule has 1 saturated carbocycles. The van der Waals surface area contributed by atoms with Crippen molar-refractivity contribution in [3.05, 3.63) is 48.0 Å². The Balaban J connectivity index is 1.27. The van der Waals surface area contributed by atoms with Crippen LogP contribution in [-0.2, 0) is 17.7 Å². The highest BCUT2D eigenvalue weighted by atomic mass is 16.5. The van der Waals surface area contributed by atoms with Crippen molar-refractivity contribution < 1.29 is 4.74 Å². The molecule has 3 aromatic rings. The van der Waals surface area contributed by atoms with Crippen molar-refractivity contribution in [3.8, 4) is 0 Å². The van der Waals surface area contributed by atoms with E-state index in [-0.39, 0.29) is 12.1 Å². The number of benzene rings is 1. The number of methoxy groups -OCH3 is 1. The summed E-state index contributed by atoms with van der Waals surface area (Å²) in [5.41, 5.74) is 4.32. The highest BCUT2D eigenvalue weighted by Gasteiger charge is 2.43. The topological polar surface area (TPSA) is 69.0 Å². The number of likely N-dealkylation sites (tertiary alicyclic amines) is 1. The van der Waals surface area contributed by atoms with Gasteiger partial charge in [-0.05, 0) is 54.7 Å². The molecule has 1 saturated heterocycles. The van der Waals surface area contributed by atoms with E-state index in [0.717, 1.165) is 55.6 Å². The van der Waals surface area contributed by atoms with E-state index in [9.17, 15) is 0 Å². The lowest BCUT2D eigenvalue weighted by molar-refractivity contribution is -0.00546. The Morgan fingerprint density at radius 2 is 1.84 bits per heavy atom. The molecule has 2 aromatic heterocycles. The number of hydrogen-bond acceptors (Lipinski definition) is 6. The van der Waals surface area contributed by atoms with Gasteiger partial charge in [-0.2, -0.15) is 0 Å². The molecule has 1 aliphatic carbocycles. The van der Waals surface area contributed by atoms with Crippen LogP contribution in [0.3, 0.4) is 0 Å². The van der Waals surface area contributed by atoms with Gasteiger partial charge in [0.05, 0.1) is 28.9 Å². The molecule has 4 atom stereocenters. The predicted molar refractivity (Wildman–Crippen MR) is 119 cm³/mol. The number of nitrogens with zero attached hydrogens (tertiary/aromatic N) is 6. The SMILES string of the molecule is CO[C@@H]1C[C@H]2CN(Cc3ccc4nccnc4c3)C[C@H]2C[C@H]1n1cc(CC(C)C)nn1. The smallest absolute Gasteiger partial charge is 0.0890 e. The minimum Gasteiger partial charge on any atom is -0.379 e. The zero-order valence-corrected chi connectivity index (χ0v) is 18.7. The van der Waals surface area contributed by atoms with Gasteiger partial charge in [-0.3, -0.25) is 14.9 Å². The molecule has 7 heteroatoms. The van der Waals surface area contributed by atoms with E-state index in [1.807, 2.05) is 7.11 Å². The molecule has 0 spiro atoms. The largest absolute Gasteiger partial charge is 0.379 e. The second kappa shape index (κ2) is 8.63. The zero-order chi connectivity index (χ0) is 21.4. The fourth-order valence-electron chi connectivity index (χ4n) is 5.50. The Kier molecular flexibility index (Phi) is 5.71. The molecule has 0 N–H and O–H groups in total. The molecule has 0 radical (unpaired) electrons. The van der Waals surface area contributed by atoms with E-state index in [2.05, 4.69) is 68.1 Å². The van der Waals surface area contributed by atoms with Crippen molar-refractivity contribution in [1.82, 2.24) is 29.9 Å². The maximum absolute atomic E-state index is 5.94. The monoisotopic (exact) mass is 420 g/mol. The van der Waals surface area contributed by atoms with E-state index in [4.69, 9.17) is 4.74 Å². The molecular formula is C24H32N6O. The Labute approximate surface area is 183 Å². The van der Waals surface area contributed by atoms with Gasteiger partial charge in [-0.25, -0.2) is 4.68 Å². The van der Waals surface area contributed by atoms with Gasteiger partial charge in [-0.15, -0.1) is 5.10 Å². The second-order valence-corrected chi connectivity index (χ2v) is 9.69. The van der Waals surface area contributed by atoms with Crippen molar-refractivity contribution >= 4 is 11.0 Å². The van der Waals surface area contributed by atoms with Crippen molar-refractivity contribution in [2.45, 2.75) is 51.8 Å². The van der Waals surface area contributed by atoms with Crippen LogP contribution in [0.2, 0.25) is 0 Å². The fourth-order valence-corrected chi connectivity index (χ4v) is 5.50. The molecule has 3 heterocycles. The quantitative estimate of drug-likeness (QED) is 0.608. The predicted octanol–water partition coefficient (Wildman–Crippen LogP) is 3.52. The second-order valence-electron chi connectivity index (χ2n) is 9.69. The van der Waals surface area contributed by atoms with E-state index in [1.165, 1.54) is 5.56 Å². The molecule has 5 rings (SSSR count). The van der Waals surface area contributed by atoms with Crippen LogP contribution in [0.4, 0.5) is 0 Å². The molecule has 0 bridgehead atoms. The minimum atomic E-state index is 0.200. The molecule has 0 unspecified atom stereocenters. The summed E-state index contributed by atoms with van der Waals surface area (Å²) in [6.07, 6.45) is 9.01. The summed E-state index contributed by atoms with van der Waals surface area (Å²) < 4.78 is 8.01. The van der Waals surface area contributed by atoms with Crippen molar-refractivity contribution in [3.63, 3.8) is 0 Å². The normalized spacial score (nSPS) is 26.6. The van der Waals surface area contributed by atoms with Gasteiger partial charge in [0.2, 0.25) is 0 Å². The van der Waals surface area contributed by atoms with Crippen LogP contribution in [0.5, 0.6) is 0 Å². The molecule has 0 amide bonds. The molecule has 1 aromatic carbocycles. The lowest BCUT2D eigenvalue weighted by Crippen LogP contribution is -2.37. The molecule has 31 heavy (non-hydrogen) atoms. The summed E-state index contributed by atoms with van der Waals surface area (Å²) in [4.78, 5) is 11.4. The number of ether oxygens (including phenoxy) is 1. The van der Waals surface area contributed by atoms with Crippen LogP contribution in [0, 0.1) is 17.8 Å². The minimum absolute atomic E-state index is 0.200. The van der Waals surface area contributed by atoms with Gasteiger partial charge in [-0.1, -0.05) is 25.1 Å². The lowest BCUT2D eigenvalue weighted by Gasteiger charge is -2.37. The Hall–Kier alpha value is -2.38. The van der Waals surface area contributed by atoms with Crippen LogP contribution in [0.25, 0.3) is 11.0 Å². The van der Waals surface area contributed by atoms with Gasteiger partial charge < -0.3 is 4.74 Å². The van der Waals surface area contributed by atoms with Crippen molar-refractivity contribution in [1.29, 1.82) is 0 Å². The van der Waals surface area contributed by atoms with Crippen LogP contribution < -0.4 is 0 Å². The maximum atomic E-state index is 5.94. The van der Waals surface area contributed by atoms with Gasteiger partial charge in [0.25, 0.3) is 0 Å². The Bertz CT molecular complexity index is 1030. The first-order chi connectivity index (χ1) is 15.1. The summed E-state index contributed by atoms with van der Waals surface area (Å²) in [6, 6.07) is 6.72. The van der Waals surface area contributed by atoms with Crippen molar-refractivity contribution in [2.24, 2.45) is 17.8 Å². The van der Waals surface area contributed by atoms with E-state index < -0.39 is 0 Å². The summed E-state index contributed by atoms with van der Waals surface area (Å²) >= 11 is 0. The zero-order valence-electron chi connectivity index (χ0n) is 18.7. The third-order valence-corrected chi connectivity index (χ3v) is 6.92. The Morgan fingerprint density at radius 3 is 2.61 bits per heavy atom. The van der Waals surface area contributed by atoms with E-state index in [0.29, 0.717) is 17.8 Å². The number of aromatic nitrogens is 5. The molecule has 164 valence electrons. The van der Waals surface area contributed by atoms with E-state index >= 15 is 0 Å².